The highest BCUT2D eigenvalue weighted by Gasteiger charge is 2.20. The maximum Gasteiger partial charge on any atom is 0.167 e. The molecular formula is C12H16FNO. The van der Waals surface area contributed by atoms with Crippen molar-refractivity contribution < 1.29 is 9.18 Å². The third kappa shape index (κ3) is 2.63. The van der Waals surface area contributed by atoms with Crippen molar-refractivity contribution in [1.82, 2.24) is 0 Å². The first kappa shape index (κ1) is 11.9. The zero-order chi connectivity index (χ0) is 11.6. The number of halogens is 1. The first-order valence-electron chi connectivity index (χ1n) is 4.99. The van der Waals surface area contributed by atoms with Gasteiger partial charge in [0.25, 0.3) is 0 Å². The van der Waals surface area contributed by atoms with Crippen LogP contribution in [-0.4, -0.2) is 11.8 Å². The van der Waals surface area contributed by atoms with Gasteiger partial charge in [-0.1, -0.05) is 6.92 Å². The molecule has 2 atom stereocenters. The van der Waals surface area contributed by atoms with Crippen molar-refractivity contribution in [3.63, 3.8) is 0 Å². The number of hydrogen-bond donors (Lipinski definition) is 1. The number of nitrogens with two attached hydrogens (primary N) is 1. The number of rotatable bonds is 3. The van der Waals surface area contributed by atoms with E-state index in [1.807, 2.05) is 0 Å². The second kappa shape index (κ2) is 4.53. The zero-order valence-corrected chi connectivity index (χ0v) is 9.25. The number of hydrogen-bond acceptors (Lipinski definition) is 2. The van der Waals surface area contributed by atoms with Crippen LogP contribution in [0.15, 0.2) is 18.2 Å². The van der Waals surface area contributed by atoms with Gasteiger partial charge in [0.2, 0.25) is 0 Å². The number of Topliss-reactive ketones (excluding diaryl/α,β-unsaturated/α-hetero) is 1. The van der Waals surface area contributed by atoms with Gasteiger partial charge in [0.05, 0.1) is 0 Å². The van der Waals surface area contributed by atoms with Crippen LogP contribution in [0.2, 0.25) is 0 Å². The van der Waals surface area contributed by atoms with E-state index >= 15 is 0 Å². The SMILES string of the molecule is Cc1cc(F)ccc1C(=O)C(C)C(C)N. The number of aryl methyl sites for hydroxylation is 1. The van der Waals surface area contributed by atoms with Gasteiger partial charge in [0.1, 0.15) is 5.82 Å². The second-order valence-corrected chi connectivity index (χ2v) is 3.97. The molecule has 2 unspecified atom stereocenters. The molecule has 0 spiro atoms. The summed E-state index contributed by atoms with van der Waals surface area (Å²) in [4.78, 5) is 11.9. The summed E-state index contributed by atoms with van der Waals surface area (Å²) in [5, 5.41) is 0. The third-order valence-corrected chi connectivity index (χ3v) is 2.66. The van der Waals surface area contributed by atoms with Crippen LogP contribution >= 0.6 is 0 Å². The van der Waals surface area contributed by atoms with Gasteiger partial charge >= 0.3 is 0 Å². The van der Waals surface area contributed by atoms with Crippen molar-refractivity contribution >= 4 is 5.78 Å². The van der Waals surface area contributed by atoms with E-state index in [1.165, 1.54) is 18.2 Å². The van der Waals surface area contributed by atoms with E-state index in [2.05, 4.69) is 0 Å². The van der Waals surface area contributed by atoms with Gasteiger partial charge in [0.15, 0.2) is 5.78 Å². The van der Waals surface area contributed by atoms with Crippen LogP contribution in [0.3, 0.4) is 0 Å². The average molecular weight is 209 g/mol. The summed E-state index contributed by atoms with van der Waals surface area (Å²) < 4.78 is 12.8. The Morgan fingerprint density at radius 2 is 2.00 bits per heavy atom. The molecule has 0 aliphatic heterocycles. The fourth-order valence-electron chi connectivity index (χ4n) is 1.39. The minimum absolute atomic E-state index is 0.0255. The molecule has 3 heteroatoms. The second-order valence-electron chi connectivity index (χ2n) is 3.97. The van der Waals surface area contributed by atoms with Crippen LogP contribution in [-0.2, 0) is 0 Å². The topological polar surface area (TPSA) is 43.1 Å². The molecule has 2 nitrogen and oxygen atoms in total. The van der Waals surface area contributed by atoms with Crippen LogP contribution in [0.5, 0.6) is 0 Å². The lowest BCUT2D eigenvalue weighted by molar-refractivity contribution is 0.0916. The Kier molecular flexibility index (Phi) is 3.58. The molecule has 1 rings (SSSR count). The molecule has 0 aromatic heterocycles. The zero-order valence-electron chi connectivity index (χ0n) is 9.25. The average Bonchev–Trinajstić information content (AvgIpc) is 2.15. The van der Waals surface area contributed by atoms with Crippen molar-refractivity contribution in [2.24, 2.45) is 11.7 Å². The Hall–Kier alpha value is -1.22. The van der Waals surface area contributed by atoms with E-state index in [0.717, 1.165) is 0 Å². The minimum atomic E-state index is -0.322. The number of benzene rings is 1. The van der Waals surface area contributed by atoms with Crippen LogP contribution in [0, 0.1) is 18.7 Å². The smallest absolute Gasteiger partial charge is 0.167 e. The molecule has 0 saturated heterocycles. The Morgan fingerprint density at radius 1 is 1.40 bits per heavy atom. The molecule has 0 radical (unpaired) electrons. The van der Waals surface area contributed by atoms with Crippen LogP contribution in [0.25, 0.3) is 0 Å². The quantitative estimate of drug-likeness (QED) is 0.776. The maximum absolute atomic E-state index is 12.8. The molecule has 15 heavy (non-hydrogen) atoms. The predicted molar refractivity (Wildman–Crippen MR) is 58.3 cm³/mol. The number of ketones is 1. The Balaban J connectivity index is 3.01. The van der Waals surface area contributed by atoms with E-state index in [-0.39, 0.29) is 23.6 Å². The van der Waals surface area contributed by atoms with Crippen molar-refractivity contribution in [2.45, 2.75) is 26.8 Å². The number of carbonyl (C=O) groups is 1. The van der Waals surface area contributed by atoms with Crippen molar-refractivity contribution in [3.05, 3.63) is 35.1 Å². The summed E-state index contributed by atoms with van der Waals surface area (Å²) in [7, 11) is 0. The van der Waals surface area contributed by atoms with E-state index in [9.17, 15) is 9.18 Å². The third-order valence-electron chi connectivity index (χ3n) is 2.66. The van der Waals surface area contributed by atoms with Gasteiger partial charge in [-0.05, 0) is 37.6 Å². The van der Waals surface area contributed by atoms with Gasteiger partial charge < -0.3 is 5.73 Å². The van der Waals surface area contributed by atoms with E-state index in [1.54, 1.807) is 20.8 Å². The monoisotopic (exact) mass is 209 g/mol. The lowest BCUT2D eigenvalue weighted by atomic mass is 9.91. The molecule has 2 N–H and O–H groups in total. The molecule has 0 heterocycles. The van der Waals surface area contributed by atoms with Gasteiger partial charge in [-0.3, -0.25) is 4.79 Å². The summed E-state index contributed by atoms with van der Waals surface area (Å²) in [5.74, 6) is -0.589. The van der Waals surface area contributed by atoms with Gasteiger partial charge in [-0.15, -0.1) is 0 Å². The normalized spacial score (nSPS) is 14.7. The molecule has 0 amide bonds. The highest BCUT2D eigenvalue weighted by Crippen LogP contribution is 2.16. The van der Waals surface area contributed by atoms with E-state index in [4.69, 9.17) is 5.73 Å². The van der Waals surface area contributed by atoms with Gasteiger partial charge in [-0.25, -0.2) is 4.39 Å². The lowest BCUT2D eigenvalue weighted by Gasteiger charge is -2.15. The summed E-state index contributed by atoms with van der Waals surface area (Å²) in [6.45, 7) is 5.31. The Morgan fingerprint density at radius 3 is 2.47 bits per heavy atom. The molecule has 0 bridgehead atoms. The standard InChI is InChI=1S/C12H16FNO/c1-7-6-10(13)4-5-11(7)12(15)8(2)9(3)14/h4-6,8-9H,14H2,1-3H3. The van der Waals surface area contributed by atoms with Crippen LogP contribution in [0.1, 0.15) is 29.8 Å². The van der Waals surface area contributed by atoms with Crippen LogP contribution < -0.4 is 5.73 Å². The maximum atomic E-state index is 12.8. The molecule has 1 aromatic rings. The lowest BCUT2D eigenvalue weighted by Crippen LogP contribution is -2.31. The van der Waals surface area contributed by atoms with E-state index < -0.39 is 0 Å². The fraction of sp³-hybridized carbons (Fsp3) is 0.417. The summed E-state index contributed by atoms with van der Waals surface area (Å²) in [5.41, 5.74) is 6.88. The Labute approximate surface area is 89.3 Å². The summed E-state index contributed by atoms with van der Waals surface area (Å²) in [6, 6.07) is 3.99. The predicted octanol–water partition coefficient (Wildman–Crippen LogP) is 2.30. The Bertz CT molecular complexity index is 374. The highest BCUT2D eigenvalue weighted by molar-refractivity contribution is 5.99. The minimum Gasteiger partial charge on any atom is -0.327 e. The van der Waals surface area contributed by atoms with Gasteiger partial charge in [-0.2, -0.15) is 0 Å². The van der Waals surface area contributed by atoms with Crippen molar-refractivity contribution in [1.29, 1.82) is 0 Å². The largest absolute Gasteiger partial charge is 0.327 e. The summed E-state index contributed by atoms with van der Waals surface area (Å²) >= 11 is 0. The highest BCUT2D eigenvalue weighted by atomic mass is 19.1. The van der Waals surface area contributed by atoms with E-state index in [0.29, 0.717) is 11.1 Å². The molecule has 0 saturated carbocycles. The van der Waals surface area contributed by atoms with Crippen molar-refractivity contribution in [2.75, 3.05) is 0 Å². The first-order valence-corrected chi connectivity index (χ1v) is 4.99. The summed E-state index contributed by atoms with van der Waals surface area (Å²) in [6.07, 6.45) is 0. The molecule has 0 fully saturated rings. The molecule has 1 aromatic carbocycles. The number of carbonyl (C=O) groups excluding carboxylic acids is 1. The first-order chi connectivity index (χ1) is 6.93. The molecule has 0 aliphatic carbocycles. The molecular weight excluding hydrogens is 193 g/mol. The van der Waals surface area contributed by atoms with Crippen LogP contribution in [0.4, 0.5) is 4.39 Å². The molecule has 0 aliphatic rings. The van der Waals surface area contributed by atoms with Crippen molar-refractivity contribution in [3.8, 4) is 0 Å². The fourth-order valence-corrected chi connectivity index (χ4v) is 1.39. The molecule has 82 valence electrons. The van der Waals surface area contributed by atoms with Gasteiger partial charge in [0, 0.05) is 17.5 Å².